The van der Waals surface area contributed by atoms with Crippen molar-refractivity contribution < 1.29 is 44.6 Å². The van der Waals surface area contributed by atoms with Crippen LogP contribution in [0.5, 0.6) is 5.06 Å². The predicted molar refractivity (Wildman–Crippen MR) is 71.9 cm³/mol. The molecule has 0 aliphatic heterocycles. The number of hydrogen-bond acceptors (Lipinski definition) is 5. The van der Waals surface area contributed by atoms with Gasteiger partial charge in [-0.3, -0.25) is 0 Å². The lowest BCUT2D eigenvalue weighted by Gasteiger charge is -2.18. The number of fused-ring (bicyclic) bond motifs is 1. The molecule has 0 bridgehead atoms. The first-order valence-electron chi connectivity index (χ1n) is 6.45. The Morgan fingerprint density at radius 1 is 1.33 bits per heavy atom. The highest BCUT2D eigenvalue weighted by atomic mass is 32.2. The van der Waals surface area contributed by atoms with Crippen molar-refractivity contribution in [1.29, 1.82) is 0 Å². The molecule has 0 unspecified atom stereocenters. The van der Waals surface area contributed by atoms with Crippen LogP contribution in [-0.4, -0.2) is 38.5 Å². The molecule has 0 spiro atoms. The molecule has 24 heavy (non-hydrogen) atoms. The summed E-state index contributed by atoms with van der Waals surface area (Å²) in [5, 5.41) is 8.86. The first-order valence-corrected chi connectivity index (χ1v) is 9.15. The van der Waals surface area contributed by atoms with E-state index in [9.17, 15) is 39.9 Å². The molecule has 0 aromatic carbocycles. The summed E-state index contributed by atoms with van der Waals surface area (Å²) in [5.74, 6) is -6.28. The van der Waals surface area contributed by atoms with Crippen LogP contribution in [0, 0.1) is 5.92 Å². The molecule has 0 fully saturated rings. The molecule has 1 N–H and O–H groups in total. The quantitative estimate of drug-likeness (QED) is 0.790. The molecule has 138 valence electrons. The fourth-order valence-electron chi connectivity index (χ4n) is 2.11. The minimum Gasteiger partial charge on any atom is -0.483 e. The Balaban J connectivity index is 2.48. The zero-order valence-electron chi connectivity index (χ0n) is 12.2. The van der Waals surface area contributed by atoms with E-state index in [1.54, 1.807) is 0 Å². The van der Waals surface area contributed by atoms with E-state index in [0.717, 1.165) is 6.92 Å². The molecule has 4 nitrogen and oxygen atoms in total. The summed E-state index contributed by atoms with van der Waals surface area (Å²) in [7, 11) is -4.12. The minimum atomic E-state index is -4.63. The Labute approximate surface area is 137 Å². The fraction of sp³-hybridized carbons (Fsp3) is 0.667. The lowest BCUT2D eigenvalue weighted by atomic mass is 10.2. The zero-order chi connectivity index (χ0) is 18.7. The summed E-state index contributed by atoms with van der Waals surface area (Å²) < 4.78 is 106. The maximum atomic E-state index is 14.0. The van der Waals surface area contributed by atoms with Crippen molar-refractivity contribution in [2.24, 2.45) is 5.92 Å². The second-order valence-electron chi connectivity index (χ2n) is 5.47. The second-order valence-corrected chi connectivity index (χ2v) is 8.66. The van der Waals surface area contributed by atoms with Gasteiger partial charge in [0.05, 0.1) is 11.5 Å². The molecule has 1 heterocycles. The van der Waals surface area contributed by atoms with Crippen molar-refractivity contribution in [1.82, 2.24) is 0 Å². The summed E-state index contributed by atoms with van der Waals surface area (Å²) in [4.78, 5) is 0. The van der Waals surface area contributed by atoms with Crippen molar-refractivity contribution in [3.05, 3.63) is 11.1 Å². The van der Waals surface area contributed by atoms with Gasteiger partial charge in [0, 0.05) is 11.8 Å². The molecule has 0 radical (unpaired) electrons. The highest BCUT2D eigenvalue weighted by Gasteiger charge is 2.60. The third-order valence-corrected chi connectivity index (χ3v) is 6.48. The van der Waals surface area contributed by atoms with Crippen LogP contribution in [0.1, 0.15) is 30.3 Å². The summed E-state index contributed by atoms with van der Waals surface area (Å²) in [5.41, 5.74) is -1.76. The summed E-state index contributed by atoms with van der Waals surface area (Å²) in [6.07, 6.45) is -9.78. The average molecular weight is 398 g/mol. The number of alkyl halides is 6. The maximum absolute atomic E-state index is 14.0. The van der Waals surface area contributed by atoms with Crippen LogP contribution in [0.4, 0.5) is 26.3 Å². The van der Waals surface area contributed by atoms with Gasteiger partial charge >= 0.3 is 12.1 Å². The number of aliphatic hydroxyl groups is 1. The van der Waals surface area contributed by atoms with Crippen LogP contribution in [0.3, 0.4) is 0 Å². The third kappa shape index (κ3) is 3.10. The standard InChI is InChI=1S/C12H12F6O4S2/c1-4(12(16,17)18)3-22-9-5-6(10(23-9)24(2,20)21)8(19)11(14,15)7(5)13/h4,7-8,19H,3H2,1-2H3/t4-,7+,8-/m0/s1. The Morgan fingerprint density at radius 3 is 2.33 bits per heavy atom. The SMILES string of the molecule is C[C@@H](COc1sc(S(C)(=O)=O)c2c1[C@@H](F)C(F)(F)[C@H]2O)C(F)(F)F. The van der Waals surface area contributed by atoms with Gasteiger partial charge in [0.25, 0.3) is 0 Å². The number of ether oxygens (including phenoxy) is 1. The van der Waals surface area contributed by atoms with E-state index in [0.29, 0.717) is 6.26 Å². The number of rotatable bonds is 4. The highest BCUT2D eigenvalue weighted by molar-refractivity contribution is 7.92. The van der Waals surface area contributed by atoms with Crippen molar-refractivity contribution >= 4 is 21.2 Å². The number of halogens is 6. The Bertz CT molecular complexity index is 739. The van der Waals surface area contributed by atoms with Gasteiger partial charge in [0.15, 0.2) is 21.1 Å². The molecule has 12 heteroatoms. The molecular weight excluding hydrogens is 386 g/mol. The summed E-state index contributed by atoms with van der Waals surface area (Å²) >= 11 is 0.219. The molecule has 1 aromatic rings. The van der Waals surface area contributed by atoms with E-state index in [1.807, 2.05) is 0 Å². The van der Waals surface area contributed by atoms with Gasteiger partial charge in [0.2, 0.25) is 0 Å². The van der Waals surface area contributed by atoms with Crippen LogP contribution >= 0.6 is 11.3 Å². The minimum absolute atomic E-state index is 0.219. The van der Waals surface area contributed by atoms with Crippen LogP contribution in [0.25, 0.3) is 0 Å². The molecule has 3 atom stereocenters. The molecule has 1 aromatic heterocycles. The van der Waals surface area contributed by atoms with Gasteiger partial charge < -0.3 is 9.84 Å². The van der Waals surface area contributed by atoms with Crippen LogP contribution in [0.2, 0.25) is 0 Å². The van der Waals surface area contributed by atoms with E-state index in [2.05, 4.69) is 0 Å². The molecule has 0 amide bonds. The van der Waals surface area contributed by atoms with E-state index in [-0.39, 0.29) is 11.3 Å². The highest BCUT2D eigenvalue weighted by Crippen LogP contribution is 2.60. The summed E-state index contributed by atoms with van der Waals surface area (Å²) in [6, 6.07) is 0. The van der Waals surface area contributed by atoms with Gasteiger partial charge in [0.1, 0.15) is 16.9 Å². The normalized spacial score (nSPS) is 24.7. The van der Waals surface area contributed by atoms with Crippen molar-refractivity contribution in [3.63, 3.8) is 0 Å². The predicted octanol–water partition coefficient (Wildman–Crippen LogP) is 3.42. The van der Waals surface area contributed by atoms with Gasteiger partial charge in [-0.15, -0.1) is 0 Å². The Hall–Kier alpha value is -1.01. The Morgan fingerprint density at radius 2 is 1.88 bits per heavy atom. The molecule has 2 rings (SSSR count). The largest absolute Gasteiger partial charge is 0.483 e. The van der Waals surface area contributed by atoms with Gasteiger partial charge in [-0.2, -0.15) is 22.0 Å². The number of sulfone groups is 1. The smallest absolute Gasteiger partial charge is 0.394 e. The molecular formula is C12H12F6O4S2. The van der Waals surface area contributed by atoms with Gasteiger partial charge in [-0.05, 0) is 0 Å². The summed E-state index contributed by atoms with van der Waals surface area (Å²) in [6.45, 7) is -0.240. The number of thiophene rings is 1. The molecule has 1 aliphatic rings. The second kappa shape index (κ2) is 5.77. The van der Waals surface area contributed by atoms with Gasteiger partial charge in [-0.1, -0.05) is 18.3 Å². The third-order valence-electron chi connectivity index (χ3n) is 3.50. The van der Waals surface area contributed by atoms with Crippen LogP contribution in [0.15, 0.2) is 4.21 Å². The van der Waals surface area contributed by atoms with E-state index in [1.165, 1.54) is 0 Å². The van der Waals surface area contributed by atoms with Crippen LogP contribution < -0.4 is 4.74 Å². The monoisotopic (exact) mass is 398 g/mol. The zero-order valence-corrected chi connectivity index (χ0v) is 13.8. The number of hydrogen-bond donors (Lipinski definition) is 1. The van der Waals surface area contributed by atoms with Crippen LogP contribution in [-0.2, 0) is 9.84 Å². The first kappa shape index (κ1) is 19.3. The van der Waals surface area contributed by atoms with E-state index >= 15 is 0 Å². The lowest BCUT2D eigenvalue weighted by molar-refractivity contribution is -0.176. The first-order chi connectivity index (χ1) is 10.7. The van der Waals surface area contributed by atoms with Crippen molar-refractivity contribution in [3.8, 4) is 5.06 Å². The van der Waals surface area contributed by atoms with E-state index in [4.69, 9.17) is 4.74 Å². The van der Waals surface area contributed by atoms with Crippen molar-refractivity contribution in [2.45, 2.75) is 35.5 Å². The maximum Gasteiger partial charge on any atom is 0.394 e. The molecule has 0 saturated heterocycles. The number of aliphatic hydroxyl groups excluding tert-OH is 1. The molecule has 0 saturated carbocycles. The fourth-order valence-corrected chi connectivity index (χ4v) is 4.52. The van der Waals surface area contributed by atoms with Crippen molar-refractivity contribution in [2.75, 3.05) is 12.9 Å². The Kier molecular flexibility index (Phi) is 4.64. The van der Waals surface area contributed by atoms with Gasteiger partial charge in [-0.25, -0.2) is 12.8 Å². The van der Waals surface area contributed by atoms with E-state index < -0.39 is 67.1 Å². The molecule has 1 aliphatic carbocycles. The lowest BCUT2D eigenvalue weighted by Crippen LogP contribution is -2.26. The average Bonchev–Trinajstić information content (AvgIpc) is 2.87. The topological polar surface area (TPSA) is 63.6 Å².